The average molecular weight is 366 g/mol. The predicted octanol–water partition coefficient (Wildman–Crippen LogP) is 3.18. The fourth-order valence-electron chi connectivity index (χ4n) is 1.65. The van der Waals surface area contributed by atoms with Gasteiger partial charge in [0.1, 0.15) is 6.54 Å². The van der Waals surface area contributed by atoms with Crippen LogP contribution in [0.4, 0.5) is 13.2 Å². The standard InChI is InChI=1S/C13H11BrF3NO3/c1-2-5-18(7-11(19)20)12(21)9-4-3-8(14)6-10(9)13(15,16)17/h2-4,6H,1,5,7H2,(H,19,20). The first-order valence-corrected chi connectivity index (χ1v) is 6.44. The molecular weight excluding hydrogens is 355 g/mol. The Morgan fingerprint density at radius 3 is 2.48 bits per heavy atom. The van der Waals surface area contributed by atoms with Crippen molar-refractivity contribution in [1.82, 2.24) is 4.90 Å². The number of aliphatic carboxylic acids is 1. The van der Waals surface area contributed by atoms with Gasteiger partial charge in [-0.05, 0) is 18.2 Å². The minimum atomic E-state index is -4.72. The Morgan fingerprint density at radius 2 is 2.00 bits per heavy atom. The smallest absolute Gasteiger partial charge is 0.417 e. The molecule has 0 bridgehead atoms. The second kappa shape index (κ2) is 6.75. The summed E-state index contributed by atoms with van der Waals surface area (Å²) >= 11 is 2.91. The van der Waals surface area contributed by atoms with Crippen LogP contribution in [-0.2, 0) is 11.0 Å². The van der Waals surface area contributed by atoms with Crippen LogP contribution in [-0.4, -0.2) is 35.0 Å². The van der Waals surface area contributed by atoms with Crippen molar-refractivity contribution in [1.29, 1.82) is 0 Å². The fourth-order valence-corrected chi connectivity index (χ4v) is 2.01. The molecule has 0 aliphatic carbocycles. The van der Waals surface area contributed by atoms with Crippen molar-refractivity contribution in [2.24, 2.45) is 0 Å². The quantitative estimate of drug-likeness (QED) is 0.815. The number of amides is 1. The molecule has 8 heteroatoms. The molecule has 21 heavy (non-hydrogen) atoms. The van der Waals surface area contributed by atoms with E-state index in [0.717, 1.165) is 17.0 Å². The molecule has 0 aliphatic heterocycles. The lowest BCUT2D eigenvalue weighted by atomic mass is 10.1. The maximum absolute atomic E-state index is 13.0. The molecule has 1 amide bonds. The van der Waals surface area contributed by atoms with Gasteiger partial charge < -0.3 is 10.0 Å². The highest BCUT2D eigenvalue weighted by Gasteiger charge is 2.36. The van der Waals surface area contributed by atoms with Crippen LogP contribution >= 0.6 is 15.9 Å². The molecular formula is C13H11BrF3NO3. The summed E-state index contributed by atoms with van der Waals surface area (Å²) in [5, 5.41) is 8.72. The Balaban J connectivity index is 3.27. The molecule has 0 aromatic heterocycles. The van der Waals surface area contributed by atoms with Gasteiger partial charge in [-0.15, -0.1) is 6.58 Å². The summed E-state index contributed by atoms with van der Waals surface area (Å²) < 4.78 is 39.1. The van der Waals surface area contributed by atoms with Gasteiger partial charge in [-0.2, -0.15) is 13.2 Å². The normalized spacial score (nSPS) is 11.0. The molecule has 0 heterocycles. The summed E-state index contributed by atoms with van der Waals surface area (Å²) in [6.45, 7) is 2.47. The Morgan fingerprint density at radius 1 is 1.38 bits per heavy atom. The van der Waals surface area contributed by atoms with Gasteiger partial charge in [0.25, 0.3) is 5.91 Å². The molecule has 0 fully saturated rings. The van der Waals surface area contributed by atoms with E-state index in [0.29, 0.717) is 0 Å². The van der Waals surface area contributed by atoms with Crippen LogP contribution in [0.1, 0.15) is 15.9 Å². The van der Waals surface area contributed by atoms with Crippen LogP contribution in [0.5, 0.6) is 0 Å². The molecule has 4 nitrogen and oxygen atoms in total. The van der Waals surface area contributed by atoms with Gasteiger partial charge >= 0.3 is 12.1 Å². The molecule has 114 valence electrons. The zero-order valence-corrected chi connectivity index (χ0v) is 12.2. The second-order valence-corrected chi connectivity index (χ2v) is 4.97. The van der Waals surface area contributed by atoms with Gasteiger partial charge in [0.15, 0.2) is 0 Å². The lowest BCUT2D eigenvalue weighted by Crippen LogP contribution is -2.36. The third-order valence-electron chi connectivity index (χ3n) is 2.48. The number of hydrogen-bond donors (Lipinski definition) is 1. The van der Waals surface area contributed by atoms with E-state index in [1.54, 1.807) is 0 Å². The molecule has 0 spiro atoms. The number of carbonyl (C=O) groups excluding carboxylic acids is 1. The number of hydrogen-bond acceptors (Lipinski definition) is 2. The van der Waals surface area contributed by atoms with Crippen molar-refractivity contribution in [3.63, 3.8) is 0 Å². The number of alkyl halides is 3. The Labute approximate surface area is 127 Å². The van der Waals surface area contributed by atoms with E-state index >= 15 is 0 Å². The van der Waals surface area contributed by atoms with Crippen molar-refractivity contribution >= 4 is 27.8 Å². The number of halogens is 4. The topological polar surface area (TPSA) is 57.6 Å². The van der Waals surface area contributed by atoms with E-state index in [1.807, 2.05) is 0 Å². The van der Waals surface area contributed by atoms with Crippen LogP contribution in [0.25, 0.3) is 0 Å². The second-order valence-electron chi connectivity index (χ2n) is 4.06. The lowest BCUT2D eigenvalue weighted by Gasteiger charge is -2.21. The first-order chi connectivity index (χ1) is 9.66. The van der Waals surface area contributed by atoms with Gasteiger partial charge in [-0.1, -0.05) is 22.0 Å². The number of carbonyl (C=O) groups is 2. The third kappa shape index (κ3) is 4.59. The fraction of sp³-hybridized carbons (Fsp3) is 0.231. The Kier molecular flexibility index (Phi) is 5.54. The summed E-state index contributed by atoms with van der Waals surface area (Å²) in [6, 6.07) is 3.07. The predicted molar refractivity (Wildman–Crippen MR) is 72.9 cm³/mol. The van der Waals surface area contributed by atoms with Crippen molar-refractivity contribution < 1.29 is 27.9 Å². The van der Waals surface area contributed by atoms with E-state index in [2.05, 4.69) is 22.5 Å². The van der Waals surface area contributed by atoms with Crippen LogP contribution < -0.4 is 0 Å². The summed E-state index contributed by atoms with van der Waals surface area (Å²) in [4.78, 5) is 23.6. The minimum absolute atomic E-state index is 0.167. The van der Waals surface area contributed by atoms with Crippen molar-refractivity contribution in [2.45, 2.75) is 6.18 Å². The largest absolute Gasteiger partial charge is 0.480 e. The highest BCUT2D eigenvalue weighted by Crippen LogP contribution is 2.34. The molecule has 1 aromatic carbocycles. The van der Waals surface area contributed by atoms with Crippen molar-refractivity contribution in [3.05, 3.63) is 46.5 Å². The van der Waals surface area contributed by atoms with Gasteiger partial charge in [-0.25, -0.2) is 0 Å². The maximum Gasteiger partial charge on any atom is 0.417 e. The monoisotopic (exact) mass is 365 g/mol. The summed E-state index contributed by atoms with van der Waals surface area (Å²) in [5.74, 6) is -2.34. The minimum Gasteiger partial charge on any atom is -0.480 e. The van der Waals surface area contributed by atoms with Crippen LogP contribution in [0, 0.1) is 0 Å². The first kappa shape index (κ1) is 17.2. The molecule has 1 N–H and O–H groups in total. The molecule has 0 atom stereocenters. The zero-order valence-electron chi connectivity index (χ0n) is 10.7. The molecule has 0 saturated carbocycles. The van der Waals surface area contributed by atoms with Crippen molar-refractivity contribution in [2.75, 3.05) is 13.1 Å². The van der Waals surface area contributed by atoms with E-state index in [1.165, 1.54) is 12.1 Å². The number of nitrogens with zero attached hydrogens (tertiary/aromatic N) is 1. The SMILES string of the molecule is C=CCN(CC(=O)O)C(=O)c1ccc(Br)cc1C(F)(F)F. The lowest BCUT2D eigenvalue weighted by molar-refractivity contribution is -0.138. The van der Waals surface area contributed by atoms with E-state index in [4.69, 9.17) is 5.11 Å². The number of rotatable bonds is 5. The molecule has 1 rings (SSSR count). The molecule has 0 unspecified atom stereocenters. The molecule has 1 aromatic rings. The van der Waals surface area contributed by atoms with Crippen LogP contribution in [0.2, 0.25) is 0 Å². The summed E-state index contributed by atoms with van der Waals surface area (Å²) in [6.07, 6.45) is -3.48. The number of carboxylic acid groups (broad SMARTS) is 1. The van der Waals surface area contributed by atoms with Crippen LogP contribution in [0.15, 0.2) is 35.3 Å². The van der Waals surface area contributed by atoms with Gasteiger partial charge in [0, 0.05) is 11.0 Å². The first-order valence-electron chi connectivity index (χ1n) is 5.65. The maximum atomic E-state index is 13.0. The average Bonchev–Trinajstić information content (AvgIpc) is 2.36. The molecule has 0 aliphatic rings. The summed E-state index contributed by atoms with van der Waals surface area (Å²) in [5.41, 5.74) is -1.73. The highest BCUT2D eigenvalue weighted by molar-refractivity contribution is 9.10. The number of carboxylic acids is 1. The summed E-state index contributed by atoms with van der Waals surface area (Å²) in [7, 11) is 0. The zero-order chi connectivity index (χ0) is 16.2. The molecule has 0 radical (unpaired) electrons. The van der Waals surface area contributed by atoms with E-state index in [-0.39, 0.29) is 11.0 Å². The number of benzene rings is 1. The van der Waals surface area contributed by atoms with E-state index < -0.39 is 35.7 Å². The molecule has 0 saturated heterocycles. The van der Waals surface area contributed by atoms with Crippen molar-refractivity contribution in [3.8, 4) is 0 Å². The van der Waals surface area contributed by atoms with Gasteiger partial charge in [0.2, 0.25) is 0 Å². The van der Waals surface area contributed by atoms with E-state index in [9.17, 15) is 22.8 Å². The Hall–Kier alpha value is -1.83. The third-order valence-corrected chi connectivity index (χ3v) is 2.97. The van der Waals surface area contributed by atoms with Crippen LogP contribution in [0.3, 0.4) is 0 Å². The van der Waals surface area contributed by atoms with Gasteiger partial charge in [-0.3, -0.25) is 9.59 Å². The Bertz CT molecular complexity index is 572. The highest BCUT2D eigenvalue weighted by atomic mass is 79.9. The van der Waals surface area contributed by atoms with Gasteiger partial charge in [0.05, 0.1) is 11.1 Å².